The van der Waals surface area contributed by atoms with Crippen LogP contribution in [0.1, 0.15) is 76.5 Å². The third-order valence-corrected chi connectivity index (χ3v) is 8.99. The van der Waals surface area contributed by atoms with E-state index < -0.39 is 0 Å². The third-order valence-electron chi connectivity index (χ3n) is 6.82. The number of hydrogen-bond donors (Lipinski definition) is 2. The van der Waals surface area contributed by atoms with Crippen LogP contribution in [0.15, 0.2) is 23.4 Å². The number of thiophene rings is 1. The molecule has 0 bridgehead atoms. The van der Waals surface area contributed by atoms with Crippen LogP contribution in [0.3, 0.4) is 0 Å². The number of fused-ring (bicyclic) bond motifs is 1. The topological polar surface area (TPSA) is 134 Å². The molecule has 3 aromatic rings. The molecule has 226 valence electrons. The molecule has 1 aliphatic rings. The molecule has 4 rings (SSSR count). The van der Waals surface area contributed by atoms with Crippen LogP contribution in [-0.2, 0) is 35.5 Å². The molecule has 2 heterocycles. The molecule has 2 aromatic heterocycles. The van der Waals surface area contributed by atoms with E-state index in [4.69, 9.17) is 14.2 Å². The van der Waals surface area contributed by atoms with Gasteiger partial charge in [0.05, 0.1) is 38.7 Å². The molecule has 13 heteroatoms. The Labute approximate surface area is 253 Å². The molecule has 11 nitrogen and oxygen atoms in total. The zero-order valence-electron chi connectivity index (χ0n) is 24.4. The number of anilines is 1. The second-order valence-corrected chi connectivity index (χ2v) is 11.7. The summed E-state index contributed by atoms with van der Waals surface area (Å²) >= 11 is 2.73. The lowest BCUT2D eigenvalue weighted by Crippen LogP contribution is -2.25. The third kappa shape index (κ3) is 7.43. The Hall–Kier alpha value is -3.58. The second kappa shape index (κ2) is 15.1. The Morgan fingerprint density at radius 3 is 2.60 bits per heavy atom. The number of thioether (sulfide) groups is 1. The van der Waals surface area contributed by atoms with E-state index in [-0.39, 0.29) is 36.7 Å². The standard InChI is InChI=1S/C29H37N5O6S2/c1-5-7-14-34-23(16-30-26(36)18-12-13-20(38-3)21(15-18)39-4)32-33-29(34)41-17-24(35)31-27-25(28(37)40-6-2)19-10-8-9-11-22(19)42-27/h12-13,15H,5-11,14,16-17H2,1-4H3,(H,30,36)(H,31,35). The van der Waals surface area contributed by atoms with Crippen molar-refractivity contribution in [1.29, 1.82) is 0 Å². The summed E-state index contributed by atoms with van der Waals surface area (Å²) < 4.78 is 17.8. The predicted molar refractivity (Wildman–Crippen MR) is 162 cm³/mol. The number of benzene rings is 1. The lowest BCUT2D eigenvalue weighted by atomic mass is 9.95. The van der Waals surface area contributed by atoms with Crippen LogP contribution in [0.5, 0.6) is 11.5 Å². The monoisotopic (exact) mass is 615 g/mol. The first kappa shape index (κ1) is 31.4. The van der Waals surface area contributed by atoms with Gasteiger partial charge in [-0.2, -0.15) is 0 Å². The van der Waals surface area contributed by atoms with Crippen molar-refractivity contribution >= 4 is 45.9 Å². The average molecular weight is 616 g/mol. The van der Waals surface area contributed by atoms with Gasteiger partial charge in [-0.25, -0.2) is 4.79 Å². The van der Waals surface area contributed by atoms with Gasteiger partial charge < -0.3 is 29.4 Å². The smallest absolute Gasteiger partial charge is 0.341 e. The number of methoxy groups -OCH3 is 2. The summed E-state index contributed by atoms with van der Waals surface area (Å²) in [6, 6.07) is 4.96. The van der Waals surface area contributed by atoms with Crippen LogP contribution in [0.25, 0.3) is 0 Å². The Balaban J connectivity index is 1.42. The first-order valence-corrected chi connectivity index (χ1v) is 15.9. The number of rotatable bonds is 14. The highest BCUT2D eigenvalue weighted by atomic mass is 32.2. The quantitative estimate of drug-likeness (QED) is 0.192. The van der Waals surface area contributed by atoms with Crippen molar-refractivity contribution < 1.29 is 28.6 Å². The number of carbonyl (C=O) groups excluding carboxylic acids is 3. The maximum absolute atomic E-state index is 13.0. The fraction of sp³-hybridized carbons (Fsp3) is 0.483. The highest BCUT2D eigenvalue weighted by Crippen LogP contribution is 2.38. The van der Waals surface area contributed by atoms with Gasteiger partial charge in [0.2, 0.25) is 5.91 Å². The largest absolute Gasteiger partial charge is 0.493 e. The van der Waals surface area contributed by atoms with Crippen molar-refractivity contribution in [3.63, 3.8) is 0 Å². The number of aryl methyl sites for hydroxylation is 1. The molecule has 2 amide bonds. The Bertz CT molecular complexity index is 1420. The van der Waals surface area contributed by atoms with Gasteiger partial charge in [-0.05, 0) is 62.8 Å². The zero-order valence-corrected chi connectivity index (χ0v) is 26.0. The van der Waals surface area contributed by atoms with Crippen molar-refractivity contribution in [2.45, 2.75) is 70.6 Å². The summed E-state index contributed by atoms with van der Waals surface area (Å²) in [4.78, 5) is 39.7. The highest BCUT2D eigenvalue weighted by molar-refractivity contribution is 7.99. The lowest BCUT2D eigenvalue weighted by molar-refractivity contribution is -0.113. The molecule has 2 N–H and O–H groups in total. The summed E-state index contributed by atoms with van der Waals surface area (Å²) in [5.41, 5.74) is 1.93. The van der Waals surface area contributed by atoms with E-state index in [1.165, 1.54) is 37.3 Å². The van der Waals surface area contributed by atoms with Gasteiger partial charge in [0.25, 0.3) is 5.91 Å². The number of aromatic nitrogens is 3. The van der Waals surface area contributed by atoms with Gasteiger partial charge in [0.15, 0.2) is 22.5 Å². The van der Waals surface area contributed by atoms with Crippen LogP contribution in [0, 0.1) is 0 Å². The van der Waals surface area contributed by atoms with Crippen LogP contribution in [-0.4, -0.2) is 59.1 Å². The fourth-order valence-electron chi connectivity index (χ4n) is 4.70. The number of esters is 1. The number of nitrogens with zero attached hydrogens (tertiary/aromatic N) is 3. The number of carbonyl (C=O) groups is 3. The van der Waals surface area contributed by atoms with Gasteiger partial charge >= 0.3 is 5.97 Å². The van der Waals surface area contributed by atoms with E-state index in [9.17, 15) is 14.4 Å². The van der Waals surface area contributed by atoms with Gasteiger partial charge in [0, 0.05) is 17.0 Å². The van der Waals surface area contributed by atoms with E-state index >= 15 is 0 Å². The number of nitrogens with one attached hydrogen (secondary N) is 2. The van der Waals surface area contributed by atoms with Crippen LogP contribution >= 0.6 is 23.1 Å². The first-order valence-electron chi connectivity index (χ1n) is 14.1. The Morgan fingerprint density at radius 2 is 1.86 bits per heavy atom. The molecule has 0 unspecified atom stereocenters. The summed E-state index contributed by atoms with van der Waals surface area (Å²) in [5.74, 6) is 0.769. The molecule has 1 aliphatic carbocycles. The summed E-state index contributed by atoms with van der Waals surface area (Å²) in [5, 5.41) is 15.6. The molecule has 0 spiro atoms. The minimum atomic E-state index is -0.390. The highest BCUT2D eigenvalue weighted by Gasteiger charge is 2.27. The number of amides is 2. The lowest BCUT2D eigenvalue weighted by Gasteiger charge is -2.12. The van der Waals surface area contributed by atoms with Crippen molar-refractivity contribution in [2.75, 3.05) is 31.9 Å². The van der Waals surface area contributed by atoms with Gasteiger partial charge in [-0.3, -0.25) is 9.59 Å². The Morgan fingerprint density at radius 1 is 1.07 bits per heavy atom. The minimum absolute atomic E-state index is 0.0904. The van der Waals surface area contributed by atoms with Gasteiger partial charge in [0.1, 0.15) is 5.00 Å². The number of hydrogen-bond acceptors (Lipinski definition) is 10. The SMILES string of the molecule is CCCCn1c(CNC(=O)c2ccc(OC)c(OC)c2)nnc1SCC(=O)Nc1sc2c(c1C(=O)OCC)CCCC2. The van der Waals surface area contributed by atoms with Crippen molar-refractivity contribution in [3.05, 3.63) is 45.6 Å². The number of ether oxygens (including phenoxy) is 3. The van der Waals surface area contributed by atoms with E-state index in [1.54, 1.807) is 25.1 Å². The summed E-state index contributed by atoms with van der Waals surface area (Å²) in [6.07, 6.45) is 5.66. The molecular formula is C29H37N5O6S2. The molecule has 0 radical (unpaired) electrons. The molecule has 0 atom stereocenters. The molecule has 42 heavy (non-hydrogen) atoms. The van der Waals surface area contributed by atoms with E-state index in [1.807, 2.05) is 4.57 Å². The maximum Gasteiger partial charge on any atom is 0.341 e. The van der Waals surface area contributed by atoms with Crippen molar-refractivity contribution in [2.24, 2.45) is 0 Å². The summed E-state index contributed by atoms with van der Waals surface area (Å²) in [7, 11) is 3.05. The predicted octanol–water partition coefficient (Wildman–Crippen LogP) is 4.87. The Kier molecular flexibility index (Phi) is 11.2. The van der Waals surface area contributed by atoms with Crippen LogP contribution < -0.4 is 20.1 Å². The minimum Gasteiger partial charge on any atom is -0.493 e. The molecule has 0 saturated carbocycles. The van der Waals surface area contributed by atoms with Crippen molar-refractivity contribution in [1.82, 2.24) is 20.1 Å². The van der Waals surface area contributed by atoms with Crippen LogP contribution in [0.4, 0.5) is 5.00 Å². The zero-order chi connectivity index (χ0) is 30.1. The van der Waals surface area contributed by atoms with Gasteiger partial charge in [-0.1, -0.05) is 25.1 Å². The van der Waals surface area contributed by atoms with Gasteiger partial charge in [-0.15, -0.1) is 21.5 Å². The number of unbranched alkanes of at least 4 members (excludes halogenated alkanes) is 1. The molecule has 1 aromatic carbocycles. The van der Waals surface area contributed by atoms with Crippen LogP contribution in [0.2, 0.25) is 0 Å². The maximum atomic E-state index is 13.0. The van der Waals surface area contributed by atoms with E-state index in [0.29, 0.717) is 45.2 Å². The normalized spacial score (nSPS) is 12.4. The summed E-state index contributed by atoms with van der Waals surface area (Å²) in [6.45, 7) is 4.96. The van der Waals surface area contributed by atoms with E-state index in [0.717, 1.165) is 49.0 Å². The fourth-order valence-corrected chi connectivity index (χ4v) is 6.78. The molecular weight excluding hydrogens is 578 g/mol. The molecule has 0 fully saturated rings. The second-order valence-electron chi connectivity index (χ2n) is 9.63. The first-order chi connectivity index (χ1) is 20.4. The van der Waals surface area contributed by atoms with E-state index in [2.05, 4.69) is 27.8 Å². The van der Waals surface area contributed by atoms with Crippen molar-refractivity contribution in [3.8, 4) is 11.5 Å². The molecule has 0 aliphatic heterocycles. The average Bonchev–Trinajstić information content (AvgIpc) is 3.57. The molecule has 0 saturated heterocycles.